The molecule has 0 fully saturated rings. The molecule has 1 amide bonds. The summed E-state index contributed by atoms with van der Waals surface area (Å²) in [5, 5.41) is 15.7. The first kappa shape index (κ1) is 15.8. The number of anilines is 1. The molecule has 4 rings (SSSR count). The fourth-order valence-corrected chi connectivity index (χ4v) is 3.46. The summed E-state index contributed by atoms with van der Waals surface area (Å²) in [5.74, 6) is -0.916. The highest BCUT2D eigenvalue weighted by Gasteiger charge is 2.47. The molecular weight excluding hydrogens is 338 g/mol. The van der Waals surface area contributed by atoms with E-state index in [0.29, 0.717) is 21.8 Å². The molecular formula is C20H14ClNO3. The monoisotopic (exact) mass is 351 g/mol. The molecule has 1 heterocycles. The number of fused-ring (bicyclic) bond motifs is 2. The first-order chi connectivity index (χ1) is 12.0. The number of amides is 1. The van der Waals surface area contributed by atoms with Gasteiger partial charge in [-0.25, -0.2) is 0 Å². The maximum atomic E-state index is 12.9. The number of nitrogens with one attached hydrogen (secondary N) is 1. The van der Waals surface area contributed by atoms with E-state index >= 15 is 0 Å². The molecule has 1 atom stereocenters. The van der Waals surface area contributed by atoms with Gasteiger partial charge < -0.3 is 10.4 Å². The van der Waals surface area contributed by atoms with E-state index in [2.05, 4.69) is 5.32 Å². The van der Waals surface area contributed by atoms with Crippen molar-refractivity contribution in [2.75, 3.05) is 5.32 Å². The Hall–Kier alpha value is -2.69. The van der Waals surface area contributed by atoms with Gasteiger partial charge in [0.2, 0.25) is 0 Å². The van der Waals surface area contributed by atoms with Gasteiger partial charge in [0.1, 0.15) is 0 Å². The van der Waals surface area contributed by atoms with Crippen LogP contribution in [0.4, 0.5) is 5.69 Å². The summed E-state index contributed by atoms with van der Waals surface area (Å²) in [6, 6.07) is 17.7. The van der Waals surface area contributed by atoms with Gasteiger partial charge in [-0.2, -0.15) is 0 Å². The predicted molar refractivity (Wildman–Crippen MR) is 96.9 cm³/mol. The Bertz CT molecular complexity index is 1030. The Morgan fingerprint density at radius 3 is 2.68 bits per heavy atom. The number of Topliss-reactive ketones (excluding diaryl/α,β-unsaturated/α-hetero) is 1. The second kappa shape index (κ2) is 5.69. The maximum absolute atomic E-state index is 12.9. The molecule has 124 valence electrons. The minimum Gasteiger partial charge on any atom is -0.375 e. The van der Waals surface area contributed by atoms with Crippen LogP contribution in [0.2, 0.25) is 5.02 Å². The third kappa shape index (κ3) is 2.51. The Morgan fingerprint density at radius 2 is 1.84 bits per heavy atom. The van der Waals surface area contributed by atoms with Crippen LogP contribution in [0.5, 0.6) is 0 Å². The van der Waals surface area contributed by atoms with Crippen molar-refractivity contribution >= 4 is 39.8 Å². The van der Waals surface area contributed by atoms with Gasteiger partial charge in [0, 0.05) is 21.8 Å². The van der Waals surface area contributed by atoms with Crippen molar-refractivity contribution < 1.29 is 14.7 Å². The minimum atomic E-state index is -1.92. The molecule has 3 aromatic carbocycles. The lowest BCUT2D eigenvalue weighted by Gasteiger charge is -2.20. The van der Waals surface area contributed by atoms with E-state index in [9.17, 15) is 14.7 Å². The van der Waals surface area contributed by atoms with Crippen molar-refractivity contribution in [3.63, 3.8) is 0 Å². The molecule has 0 saturated heterocycles. The molecule has 0 bridgehead atoms. The molecule has 2 N–H and O–H groups in total. The maximum Gasteiger partial charge on any atom is 0.261 e. The van der Waals surface area contributed by atoms with Crippen molar-refractivity contribution in [1.82, 2.24) is 0 Å². The number of halogens is 1. The lowest BCUT2D eigenvalue weighted by molar-refractivity contribution is -0.133. The average Bonchev–Trinajstić information content (AvgIpc) is 2.85. The van der Waals surface area contributed by atoms with Crippen LogP contribution in [-0.2, 0) is 10.4 Å². The first-order valence-corrected chi connectivity index (χ1v) is 8.22. The van der Waals surface area contributed by atoms with E-state index in [4.69, 9.17) is 11.6 Å². The number of aliphatic hydroxyl groups is 1. The number of ketones is 1. The molecule has 3 aromatic rings. The molecule has 1 aliphatic rings. The summed E-state index contributed by atoms with van der Waals surface area (Å²) < 4.78 is 0. The van der Waals surface area contributed by atoms with E-state index in [1.54, 1.807) is 24.3 Å². The smallest absolute Gasteiger partial charge is 0.261 e. The van der Waals surface area contributed by atoms with Crippen LogP contribution in [0, 0.1) is 0 Å². The molecule has 0 aromatic heterocycles. The predicted octanol–water partition coefficient (Wildman–Crippen LogP) is 3.91. The third-order valence-electron chi connectivity index (χ3n) is 4.56. The zero-order valence-corrected chi connectivity index (χ0v) is 13.9. The lowest BCUT2D eigenvalue weighted by atomic mass is 9.87. The molecule has 25 heavy (non-hydrogen) atoms. The number of benzene rings is 3. The largest absolute Gasteiger partial charge is 0.375 e. The Balaban J connectivity index is 1.76. The van der Waals surface area contributed by atoms with Gasteiger partial charge in [-0.15, -0.1) is 0 Å². The third-order valence-corrected chi connectivity index (χ3v) is 4.79. The normalized spacial score (nSPS) is 18.9. The quantitative estimate of drug-likeness (QED) is 0.703. The molecule has 5 heteroatoms. The highest BCUT2D eigenvalue weighted by Crippen LogP contribution is 2.40. The lowest BCUT2D eigenvalue weighted by Crippen LogP contribution is -2.36. The number of carbonyl (C=O) groups excluding carboxylic acids is 2. The molecule has 4 nitrogen and oxygen atoms in total. The van der Waals surface area contributed by atoms with Gasteiger partial charge in [0.05, 0.1) is 6.42 Å². The van der Waals surface area contributed by atoms with Crippen LogP contribution >= 0.6 is 11.6 Å². The summed E-state index contributed by atoms with van der Waals surface area (Å²) in [6.45, 7) is 0. The Kier molecular flexibility index (Phi) is 3.60. The highest BCUT2D eigenvalue weighted by atomic mass is 35.5. The van der Waals surface area contributed by atoms with Gasteiger partial charge in [0.25, 0.3) is 5.91 Å². The van der Waals surface area contributed by atoms with E-state index in [1.165, 1.54) is 6.07 Å². The fraction of sp³-hybridized carbons (Fsp3) is 0.100. The molecule has 1 unspecified atom stereocenters. The summed E-state index contributed by atoms with van der Waals surface area (Å²) >= 11 is 5.99. The zero-order valence-electron chi connectivity index (χ0n) is 13.1. The number of carbonyl (C=O) groups is 2. The standard InChI is InChI=1S/C20H14ClNO3/c21-13-8-9-17-16(10-13)20(25,19(24)22-17)11-18(23)15-7-3-5-12-4-1-2-6-14(12)15/h1-10,25H,11H2,(H,22,24). The molecule has 0 saturated carbocycles. The first-order valence-electron chi connectivity index (χ1n) is 7.84. The van der Waals surface area contributed by atoms with Crippen molar-refractivity contribution in [3.8, 4) is 0 Å². The van der Waals surface area contributed by atoms with Crippen molar-refractivity contribution in [2.45, 2.75) is 12.0 Å². The summed E-state index contributed by atoms with van der Waals surface area (Å²) in [4.78, 5) is 25.2. The van der Waals surface area contributed by atoms with Gasteiger partial charge in [0.15, 0.2) is 11.4 Å². The molecule has 0 aliphatic carbocycles. The summed E-state index contributed by atoms with van der Waals surface area (Å²) in [5.41, 5.74) is -0.634. The van der Waals surface area contributed by atoms with Gasteiger partial charge in [-0.3, -0.25) is 9.59 Å². The number of rotatable bonds is 3. The molecule has 0 radical (unpaired) electrons. The summed E-state index contributed by atoms with van der Waals surface area (Å²) in [6.07, 6.45) is -0.347. The topological polar surface area (TPSA) is 66.4 Å². The minimum absolute atomic E-state index is 0.303. The Labute approximate surface area is 149 Å². The van der Waals surface area contributed by atoms with Crippen LogP contribution in [0.15, 0.2) is 60.7 Å². The number of hydrogen-bond acceptors (Lipinski definition) is 3. The zero-order chi connectivity index (χ0) is 17.6. The van der Waals surface area contributed by atoms with Crippen molar-refractivity contribution in [2.24, 2.45) is 0 Å². The van der Waals surface area contributed by atoms with Gasteiger partial charge in [-0.1, -0.05) is 54.1 Å². The summed E-state index contributed by atoms with van der Waals surface area (Å²) in [7, 11) is 0. The van der Waals surface area contributed by atoms with E-state index in [1.807, 2.05) is 30.3 Å². The molecule has 1 aliphatic heterocycles. The van der Waals surface area contributed by atoms with Crippen LogP contribution < -0.4 is 5.32 Å². The van der Waals surface area contributed by atoms with Gasteiger partial charge in [-0.05, 0) is 29.0 Å². The van der Waals surface area contributed by atoms with E-state index in [0.717, 1.165) is 10.8 Å². The Morgan fingerprint density at radius 1 is 1.08 bits per heavy atom. The van der Waals surface area contributed by atoms with Crippen molar-refractivity contribution in [3.05, 3.63) is 76.8 Å². The fourth-order valence-electron chi connectivity index (χ4n) is 3.29. The average molecular weight is 352 g/mol. The highest BCUT2D eigenvalue weighted by molar-refractivity contribution is 6.31. The molecule has 0 spiro atoms. The van der Waals surface area contributed by atoms with Gasteiger partial charge >= 0.3 is 0 Å². The van der Waals surface area contributed by atoms with Crippen molar-refractivity contribution in [1.29, 1.82) is 0 Å². The SMILES string of the molecule is O=C(CC1(O)C(=O)Nc2ccc(Cl)cc21)c1cccc2ccccc12. The second-order valence-electron chi connectivity index (χ2n) is 6.13. The van der Waals surface area contributed by atoms with Crippen LogP contribution in [-0.4, -0.2) is 16.8 Å². The van der Waals surface area contributed by atoms with Crippen LogP contribution in [0.3, 0.4) is 0 Å². The van der Waals surface area contributed by atoms with Crippen LogP contribution in [0.25, 0.3) is 10.8 Å². The second-order valence-corrected chi connectivity index (χ2v) is 6.57. The number of hydrogen-bond donors (Lipinski definition) is 2. The van der Waals surface area contributed by atoms with E-state index in [-0.39, 0.29) is 12.2 Å². The van der Waals surface area contributed by atoms with Crippen LogP contribution in [0.1, 0.15) is 22.3 Å². The van der Waals surface area contributed by atoms with E-state index < -0.39 is 11.5 Å².